The Kier molecular flexibility index (Phi) is 6.69. The number of carbonyl (C=O) groups excluding carboxylic acids is 2. The summed E-state index contributed by atoms with van der Waals surface area (Å²) in [6.45, 7) is 2.25. The van der Waals surface area contributed by atoms with E-state index in [1.807, 2.05) is 11.0 Å². The molecule has 0 saturated carbocycles. The van der Waals surface area contributed by atoms with E-state index in [-0.39, 0.29) is 17.6 Å². The van der Waals surface area contributed by atoms with Gasteiger partial charge in [0.1, 0.15) is 5.82 Å². The summed E-state index contributed by atoms with van der Waals surface area (Å²) in [5.74, 6) is -0.306. The fourth-order valence-electron chi connectivity index (χ4n) is 5.32. The minimum absolute atomic E-state index is 0.0690. The summed E-state index contributed by atoms with van der Waals surface area (Å²) in [6.07, 6.45) is 3.37. The second-order valence-electron chi connectivity index (χ2n) is 9.21. The van der Waals surface area contributed by atoms with E-state index in [1.165, 1.54) is 26.4 Å². The van der Waals surface area contributed by atoms with Gasteiger partial charge in [0.2, 0.25) is 5.91 Å². The van der Waals surface area contributed by atoms with Crippen LogP contribution in [0.1, 0.15) is 33.4 Å². The number of likely N-dealkylation sites (N-methyl/N-ethyl adjacent to an activating group) is 1. The maximum Gasteiger partial charge on any atom is 0.254 e. The Hall–Kier alpha value is -4.14. The number of methoxy groups -OCH3 is 2. The summed E-state index contributed by atoms with van der Waals surface area (Å²) in [6, 6.07) is 13.0. The van der Waals surface area contributed by atoms with Crippen LogP contribution in [0.25, 0.3) is 0 Å². The molecule has 37 heavy (non-hydrogen) atoms. The molecule has 0 spiro atoms. The molecule has 0 unspecified atom stereocenters. The molecule has 8 nitrogen and oxygen atoms in total. The van der Waals surface area contributed by atoms with Gasteiger partial charge in [0.05, 0.1) is 26.2 Å². The van der Waals surface area contributed by atoms with Gasteiger partial charge in [-0.05, 0) is 53.6 Å². The average molecular weight is 505 g/mol. The standard InChI is InChI=1S/C28H29FN4O4/c1-31-26(18-5-4-10-30-17-18)25(21-15-23(36-2)24(37-3)16-22(21)27(31)34)28(35)33-13-11-32(12-14-33)20-8-6-19(29)7-9-20/h4-10,15-17,25-26H,11-14H2,1-3H3/t25-,26+/m0/s1. The summed E-state index contributed by atoms with van der Waals surface area (Å²) < 4.78 is 24.3. The molecule has 2 aliphatic rings. The van der Waals surface area contributed by atoms with Crippen molar-refractivity contribution >= 4 is 17.5 Å². The van der Waals surface area contributed by atoms with Crippen LogP contribution in [0, 0.1) is 5.82 Å². The molecule has 3 heterocycles. The number of ether oxygens (including phenoxy) is 2. The number of rotatable bonds is 5. The number of fused-ring (bicyclic) bond motifs is 1. The van der Waals surface area contributed by atoms with E-state index in [1.54, 1.807) is 54.7 Å². The summed E-state index contributed by atoms with van der Waals surface area (Å²) in [5.41, 5.74) is 2.73. The van der Waals surface area contributed by atoms with Gasteiger partial charge in [0.15, 0.2) is 11.5 Å². The number of anilines is 1. The minimum Gasteiger partial charge on any atom is -0.493 e. The van der Waals surface area contributed by atoms with E-state index in [2.05, 4.69) is 9.88 Å². The molecule has 1 fully saturated rings. The number of benzene rings is 2. The van der Waals surface area contributed by atoms with Crippen molar-refractivity contribution < 1.29 is 23.5 Å². The molecular formula is C28H29FN4O4. The summed E-state index contributed by atoms with van der Waals surface area (Å²) in [4.78, 5) is 37.6. The molecule has 3 aromatic rings. The first-order valence-electron chi connectivity index (χ1n) is 12.1. The number of hydrogen-bond donors (Lipinski definition) is 0. The zero-order valence-corrected chi connectivity index (χ0v) is 21.1. The first kappa shape index (κ1) is 24.5. The molecule has 192 valence electrons. The molecule has 1 saturated heterocycles. The van der Waals surface area contributed by atoms with E-state index in [9.17, 15) is 14.0 Å². The highest BCUT2D eigenvalue weighted by Crippen LogP contribution is 2.46. The first-order chi connectivity index (χ1) is 17.9. The zero-order valence-electron chi connectivity index (χ0n) is 21.1. The highest BCUT2D eigenvalue weighted by atomic mass is 19.1. The molecule has 0 bridgehead atoms. The van der Waals surface area contributed by atoms with Gasteiger partial charge in [0, 0.05) is 56.9 Å². The monoisotopic (exact) mass is 504 g/mol. The van der Waals surface area contributed by atoms with Gasteiger partial charge >= 0.3 is 0 Å². The number of piperazine rings is 1. The van der Waals surface area contributed by atoms with Crippen LogP contribution < -0.4 is 14.4 Å². The number of pyridine rings is 1. The number of amides is 2. The minimum atomic E-state index is -0.654. The number of aromatic nitrogens is 1. The molecule has 1 aromatic heterocycles. The second kappa shape index (κ2) is 10.1. The van der Waals surface area contributed by atoms with Gasteiger partial charge in [-0.1, -0.05) is 6.07 Å². The van der Waals surface area contributed by atoms with Crippen LogP contribution in [0.15, 0.2) is 60.9 Å². The van der Waals surface area contributed by atoms with E-state index >= 15 is 0 Å². The summed E-state index contributed by atoms with van der Waals surface area (Å²) in [7, 11) is 4.76. The first-order valence-corrected chi connectivity index (χ1v) is 12.1. The van der Waals surface area contributed by atoms with Crippen molar-refractivity contribution in [3.05, 3.63) is 83.4 Å². The van der Waals surface area contributed by atoms with Crippen LogP contribution in [-0.2, 0) is 4.79 Å². The van der Waals surface area contributed by atoms with E-state index in [0.29, 0.717) is 48.8 Å². The molecule has 0 aliphatic carbocycles. The van der Waals surface area contributed by atoms with E-state index in [0.717, 1.165) is 11.3 Å². The van der Waals surface area contributed by atoms with Gasteiger partial charge in [-0.25, -0.2) is 4.39 Å². The molecule has 2 aromatic carbocycles. The van der Waals surface area contributed by atoms with Crippen molar-refractivity contribution in [2.75, 3.05) is 52.3 Å². The maximum absolute atomic E-state index is 14.2. The quantitative estimate of drug-likeness (QED) is 0.530. The fraction of sp³-hybridized carbons (Fsp3) is 0.321. The number of halogens is 1. The third-order valence-electron chi connectivity index (χ3n) is 7.25. The Morgan fingerprint density at radius 2 is 1.68 bits per heavy atom. The maximum atomic E-state index is 14.2. The smallest absolute Gasteiger partial charge is 0.254 e. The Balaban J connectivity index is 1.51. The molecule has 5 rings (SSSR count). The highest BCUT2D eigenvalue weighted by molar-refractivity contribution is 6.02. The third kappa shape index (κ3) is 4.45. The summed E-state index contributed by atoms with van der Waals surface area (Å²) >= 11 is 0. The third-order valence-corrected chi connectivity index (χ3v) is 7.25. The van der Waals surface area contributed by atoms with Crippen molar-refractivity contribution in [3.8, 4) is 11.5 Å². The van der Waals surface area contributed by atoms with E-state index < -0.39 is 12.0 Å². The average Bonchev–Trinajstić information content (AvgIpc) is 2.94. The molecule has 2 amide bonds. The number of hydrogen-bond acceptors (Lipinski definition) is 6. The summed E-state index contributed by atoms with van der Waals surface area (Å²) in [5, 5.41) is 0. The lowest BCUT2D eigenvalue weighted by molar-refractivity contribution is -0.134. The normalized spacial score (nSPS) is 19.5. The van der Waals surface area contributed by atoms with Crippen molar-refractivity contribution in [2.24, 2.45) is 0 Å². The van der Waals surface area contributed by atoms with Gasteiger partial charge in [-0.15, -0.1) is 0 Å². The Bertz CT molecular complexity index is 1290. The van der Waals surface area contributed by atoms with Gasteiger partial charge in [-0.3, -0.25) is 14.6 Å². The molecule has 9 heteroatoms. The molecule has 0 radical (unpaired) electrons. The van der Waals surface area contributed by atoms with Crippen LogP contribution in [-0.4, -0.2) is 74.0 Å². The lowest BCUT2D eigenvalue weighted by atomic mass is 9.79. The largest absolute Gasteiger partial charge is 0.493 e. The van der Waals surface area contributed by atoms with Crippen LogP contribution >= 0.6 is 0 Å². The van der Waals surface area contributed by atoms with E-state index in [4.69, 9.17) is 9.47 Å². The Morgan fingerprint density at radius 1 is 1.00 bits per heavy atom. The van der Waals surface area contributed by atoms with Crippen LogP contribution in [0.5, 0.6) is 11.5 Å². The number of nitrogens with zero attached hydrogens (tertiary/aromatic N) is 4. The molecular weight excluding hydrogens is 475 g/mol. The predicted octanol–water partition coefficient (Wildman–Crippen LogP) is 3.50. The van der Waals surface area contributed by atoms with Crippen molar-refractivity contribution in [1.29, 1.82) is 0 Å². The lowest BCUT2D eigenvalue weighted by Gasteiger charge is -2.43. The van der Waals surface area contributed by atoms with Gasteiger partial charge in [0.25, 0.3) is 5.91 Å². The predicted molar refractivity (Wildman–Crippen MR) is 137 cm³/mol. The topological polar surface area (TPSA) is 75.2 Å². The SMILES string of the molecule is COc1cc2c(cc1OC)[C@H](C(=O)N1CCN(c3ccc(F)cc3)CC1)[C@@H](c1cccnc1)N(C)C2=O. The van der Waals surface area contributed by atoms with Crippen LogP contribution in [0.2, 0.25) is 0 Å². The van der Waals surface area contributed by atoms with Crippen molar-refractivity contribution in [1.82, 2.24) is 14.8 Å². The van der Waals surface area contributed by atoms with Gasteiger partial charge < -0.3 is 24.2 Å². The molecule has 2 aliphatic heterocycles. The van der Waals surface area contributed by atoms with Crippen molar-refractivity contribution in [2.45, 2.75) is 12.0 Å². The van der Waals surface area contributed by atoms with Crippen LogP contribution in [0.3, 0.4) is 0 Å². The Morgan fingerprint density at radius 3 is 2.30 bits per heavy atom. The number of carbonyl (C=O) groups is 2. The Labute approximate surface area is 215 Å². The van der Waals surface area contributed by atoms with Crippen LogP contribution in [0.4, 0.5) is 10.1 Å². The molecule has 2 atom stereocenters. The molecule has 0 N–H and O–H groups in total. The highest BCUT2D eigenvalue weighted by Gasteiger charge is 2.45. The lowest BCUT2D eigenvalue weighted by Crippen LogP contribution is -2.53. The second-order valence-corrected chi connectivity index (χ2v) is 9.21. The zero-order chi connectivity index (χ0) is 26.1. The van der Waals surface area contributed by atoms with Crippen molar-refractivity contribution in [3.63, 3.8) is 0 Å². The van der Waals surface area contributed by atoms with Gasteiger partial charge in [-0.2, -0.15) is 0 Å². The fourth-order valence-corrected chi connectivity index (χ4v) is 5.32.